The Bertz CT molecular complexity index is 1050. The van der Waals surface area contributed by atoms with Gasteiger partial charge >= 0.3 is 17.8 Å². The number of benzene rings is 1. The molecule has 0 saturated heterocycles. The first kappa shape index (κ1) is 21.2. The van der Waals surface area contributed by atoms with Gasteiger partial charge in [0.1, 0.15) is 5.82 Å². The van der Waals surface area contributed by atoms with Gasteiger partial charge in [-0.05, 0) is 74.3 Å². The number of halogens is 1. The summed E-state index contributed by atoms with van der Waals surface area (Å²) in [5.74, 6) is -0.275. The van der Waals surface area contributed by atoms with Crippen LogP contribution in [0.3, 0.4) is 0 Å². The van der Waals surface area contributed by atoms with Crippen LogP contribution >= 0.6 is 0 Å². The molecule has 1 amide bonds. The number of nitrogens with zero attached hydrogens (tertiary/aromatic N) is 3. The van der Waals surface area contributed by atoms with Crippen LogP contribution < -0.4 is 5.32 Å². The number of rotatable bonds is 4. The second-order valence-electron chi connectivity index (χ2n) is 8.51. The molecule has 4 rings (SSSR count). The molecule has 1 aromatic carbocycles. The lowest BCUT2D eigenvalue weighted by molar-refractivity contribution is 0.0990. The highest BCUT2D eigenvalue weighted by atomic mass is 19.1. The van der Waals surface area contributed by atoms with E-state index in [0.717, 1.165) is 37.2 Å². The minimum Gasteiger partial charge on any atom is -0.397 e. The number of anilines is 1. The van der Waals surface area contributed by atoms with Crippen LogP contribution in [-0.4, -0.2) is 21.8 Å². The molecular weight excluding hydrogens is 395 g/mol. The predicted molar refractivity (Wildman–Crippen MR) is 118 cm³/mol. The molecule has 1 N–H and O–H groups in total. The summed E-state index contributed by atoms with van der Waals surface area (Å²) in [7, 11) is 0. The van der Waals surface area contributed by atoms with Crippen LogP contribution in [-0.2, 0) is 0 Å². The fraction of sp³-hybridized carbons (Fsp3) is 0.417. The lowest BCUT2D eigenvalue weighted by atomic mass is 9.79. The topological polar surface area (TPSA) is 80.4 Å². The van der Waals surface area contributed by atoms with Crippen molar-refractivity contribution in [2.75, 3.05) is 5.32 Å². The van der Waals surface area contributed by atoms with E-state index in [9.17, 15) is 9.18 Å². The molecule has 1 heterocycles. The van der Waals surface area contributed by atoms with Crippen LogP contribution in [0.25, 0.3) is 0 Å². The Balaban J connectivity index is 1.43. The predicted octanol–water partition coefficient (Wildman–Crippen LogP) is 6.12. The Morgan fingerprint density at radius 2 is 2.03 bits per heavy atom. The molecule has 0 atom stereocenters. The van der Waals surface area contributed by atoms with Crippen LogP contribution in [0.2, 0.25) is 0 Å². The molecule has 2 aromatic rings. The fourth-order valence-electron chi connectivity index (χ4n) is 4.08. The van der Waals surface area contributed by atoms with Crippen molar-refractivity contribution >= 4 is 23.3 Å². The van der Waals surface area contributed by atoms with E-state index in [1.807, 2.05) is 31.2 Å². The van der Waals surface area contributed by atoms with E-state index in [2.05, 4.69) is 27.4 Å². The first-order chi connectivity index (χ1) is 15.0. The zero-order valence-electron chi connectivity index (χ0n) is 17.9. The Kier molecular flexibility index (Phi) is 6.39. The zero-order chi connectivity index (χ0) is 21.8. The molecular formula is C24H27FN4O2. The van der Waals surface area contributed by atoms with E-state index in [4.69, 9.17) is 4.42 Å². The van der Waals surface area contributed by atoms with Gasteiger partial charge < -0.3 is 9.73 Å². The quantitative estimate of drug-likeness (QED) is 0.643. The number of carbonyl (C=O) groups excluding carboxylic acids is 1. The second-order valence-corrected chi connectivity index (χ2v) is 8.51. The maximum absolute atomic E-state index is 14.6. The van der Waals surface area contributed by atoms with Gasteiger partial charge in [-0.25, -0.2) is 4.39 Å². The first-order valence-corrected chi connectivity index (χ1v) is 10.8. The van der Waals surface area contributed by atoms with Crippen molar-refractivity contribution < 1.29 is 13.6 Å². The maximum atomic E-state index is 14.6. The van der Waals surface area contributed by atoms with Crippen molar-refractivity contribution in [1.29, 1.82) is 0 Å². The van der Waals surface area contributed by atoms with Gasteiger partial charge in [-0.3, -0.25) is 4.79 Å². The molecule has 6 nitrogen and oxygen atoms in total. The number of hydrogen-bond acceptors (Lipinski definition) is 5. The second kappa shape index (κ2) is 9.37. The third kappa shape index (κ3) is 5.34. The van der Waals surface area contributed by atoms with Crippen LogP contribution in [0.1, 0.15) is 74.5 Å². The van der Waals surface area contributed by atoms with Crippen molar-refractivity contribution in [1.82, 2.24) is 10.2 Å². The van der Waals surface area contributed by atoms with Crippen molar-refractivity contribution in [2.45, 2.75) is 58.3 Å². The molecule has 1 saturated carbocycles. The lowest BCUT2D eigenvalue weighted by Gasteiger charge is -2.26. The van der Waals surface area contributed by atoms with Crippen LogP contribution in [0.15, 0.2) is 51.4 Å². The van der Waals surface area contributed by atoms with Gasteiger partial charge in [0.15, 0.2) is 0 Å². The summed E-state index contributed by atoms with van der Waals surface area (Å²) in [6.07, 6.45) is 12.2. The largest absolute Gasteiger partial charge is 0.397 e. The molecule has 0 aliphatic heterocycles. The Morgan fingerprint density at radius 3 is 2.81 bits per heavy atom. The third-order valence-electron chi connectivity index (χ3n) is 5.95. The van der Waals surface area contributed by atoms with Gasteiger partial charge in [-0.2, -0.15) is 4.99 Å². The van der Waals surface area contributed by atoms with Crippen molar-refractivity contribution in [3.63, 3.8) is 0 Å². The summed E-state index contributed by atoms with van der Waals surface area (Å²) in [5, 5.41) is 10.1. The molecule has 2 aliphatic rings. The highest BCUT2D eigenvalue weighted by Gasteiger charge is 2.22. The van der Waals surface area contributed by atoms with Crippen LogP contribution in [0.5, 0.6) is 0 Å². The number of hydrogen-bond donors (Lipinski definition) is 1. The number of aromatic nitrogens is 2. The Labute approximate surface area is 181 Å². The average Bonchev–Trinajstić information content (AvgIpc) is 3.12. The Morgan fingerprint density at radius 1 is 1.23 bits per heavy atom. The van der Waals surface area contributed by atoms with E-state index in [-0.39, 0.29) is 17.6 Å². The van der Waals surface area contributed by atoms with E-state index in [1.54, 1.807) is 6.07 Å². The summed E-state index contributed by atoms with van der Waals surface area (Å²) >= 11 is 0. The minimum absolute atomic E-state index is 0.0157. The SMILES string of the molecule is CC1=CC(=Nc2nnc(C(=O)Nc3ccc(C4CCC(C)CC4)cc3F)o2)C=CCC1. The smallest absolute Gasteiger partial charge is 0.343 e. The Hall–Kier alpha value is -3.09. The van der Waals surface area contributed by atoms with E-state index in [1.165, 1.54) is 24.5 Å². The molecule has 7 heteroatoms. The van der Waals surface area contributed by atoms with Gasteiger partial charge in [0.05, 0.1) is 11.4 Å². The normalized spacial score (nSPS) is 22.8. The summed E-state index contributed by atoms with van der Waals surface area (Å²) in [5.41, 5.74) is 2.96. The number of allylic oxidation sites excluding steroid dienone is 4. The van der Waals surface area contributed by atoms with E-state index < -0.39 is 11.7 Å². The van der Waals surface area contributed by atoms with Gasteiger partial charge in [-0.15, -0.1) is 5.10 Å². The lowest BCUT2D eigenvalue weighted by Crippen LogP contribution is -2.14. The summed E-state index contributed by atoms with van der Waals surface area (Å²) < 4.78 is 20.0. The van der Waals surface area contributed by atoms with Gasteiger partial charge in [0, 0.05) is 0 Å². The molecule has 0 unspecified atom stereocenters. The molecule has 31 heavy (non-hydrogen) atoms. The number of aliphatic imine (C=N–C) groups is 1. The van der Waals surface area contributed by atoms with Crippen molar-refractivity contribution in [3.05, 3.63) is 59.3 Å². The summed E-state index contributed by atoms with van der Waals surface area (Å²) in [6, 6.07) is 4.99. The third-order valence-corrected chi connectivity index (χ3v) is 5.95. The molecule has 2 aliphatic carbocycles. The number of nitrogens with one attached hydrogen (secondary N) is 1. The molecule has 0 bridgehead atoms. The molecule has 0 radical (unpaired) electrons. The number of carbonyl (C=O) groups is 1. The highest BCUT2D eigenvalue weighted by Crippen LogP contribution is 2.36. The maximum Gasteiger partial charge on any atom is 0.343 e. The van der Waals surface area contributed by atoms with Gasteiger partial charge in [-0.1, -0.05) is 42.6 Å². The molecule has 0 spiro atoms. The van der Waals surface area contributed by atoms with Crippen LogP contribution in [0, 0.1) is 11.7 Å². The number of amides is 1. The van der Waals surface area contributed by atoms with Gasteiger partial charge in [0.2, 0.25) is 0 Å². The molecule has 1 aromatic heterocycles. The standard InChI is InChI=1S/C24H27FN4O2/c1-15-7-9-17(10-8-15)18-11-12-21(20(25)14-18)27-22(30)23-28-29-24(31-23)26-19-6-4-3-5-16(2)13-19/h4,6,11-15,17H,3,5,7-10H2,1-2H3,(H,27,30). The average molecular weight is 423 g/mol. The van der Waals surface area contributed by atoms with Crippen molar-refractivity contribution in [2.24, 2.45) is 10.9 Å². The van der Waals surface area contributed by atoms with Crippen LogP contribution in [0.4, 0.5) is 16.1 Å². The fourth-order valence-corrected chi connectivity index (χ4v) is 4.08. The van der Waals surface area contributed by atoms with E-state index >= 15 is 0 Å². The highest BCUT2D eigenvalue weighted by molar-refractivity contribution is 6.05. The summed E-state index contributed by atoms with van der Waals surface area (Å²) in [6.45, 7) is 4.29. The van der Waals surface area contributed by atoms with Gasteiger partial charge in [0.25, 0.3) is 0 Å². The molecule has 1 fully saturated rings. The zero-order valence-corrected chi connectivity index (χ0v) is 17.9. The minimum atomic E-state index is -0.666. The van der Waals surface area contributed by atoms with E-state index in [0.29, 0.717) is 11.6 Å². The summed E-state index contributed by atoms with van der Waals surface area (Å²) in [4.78, 5) is 16.7. The monoisotopic (exact) mass is 422 g/mol. The first-order valence-electron chi connectivity index (χ1n) is 10.8. The molecule has 162 valence electrons. The van der Waals surface area contributed by atoms with Crippen molar-refractivity contribution in [3.8, 4) is 0 Å².